The number of nitrogen functional groups attached to an aromatic ring is 1. The van der Waals surface area contributed by atoms with E-state index in [1.165, 1.54) is 0 Å². The highest BCUT2D eigenvalue weighted by molar-refractivity contribution is 5.78. The summed E-state index contributed by atoms with van der Waals surface area (Å²) in [6.45, 7) is 9.68. The lowest BCUT2D eigenvalue weighted by Gasteiger charge is -2.36. The number of hydrogen-bond donors (Lipinski definition) is 3. The van der Waals surface area contributed by atoms with Crippen LogP contribution in [0.3, 0.4) is 0 Å². The van der Waals surface area contributed by atoms with Gasteiger partial charge in [-0.3, -0.25) is 4.79 Å². The number of nitrogens with zero attached hydrogens (tertiary/aromatic N) is 7. The summed E-state index contributed by atoms with van der Waals surface area (Å²) in [5.74, 6) is 1.97. The Morgan fingerprint density at radius 1 is 1.20 bits per heavy atom. The first-order valence-electron chi connectivity index (χ1n) is 12.3. The number of pyridine rings is 1. The Morgan fingerprint density at radius 2 is 1.97 bits per heavy atom. The van der Waals surface area contributed by atoms with E-state index in [2.05, 4.69) is 57.4 Å². The van der Waals surface area contributed by atoms with Crippen molar-refractivity contribution in [2.75, 3.05) is 55.7 Å². The number of carbonyl (C=O) groups excluding carboxylic acids is 1. The molecular weight excluding hydrogens is 444 g/mol. The lowest BCUT2D eigenvalue weighted by Crippen LogP contribution is -2.51. The van der Waals surface area contributed by atoms with Gasteiger partial charge in [-0.1, -0.05) is 19.4 Å². The van der Waals surface area contributed by atoms with Crippen LogP contribution >= 0.6 is 0 Å². The molecule has 4 rings (SSSR count). The van der Waals surface area contributed by atoms with Crippen LogP contribution in [-0.2, 0) is 11.2 Å². The zero-order valence-corrected chi connectivity index (χ0v) is 21.1. The molecule has 0 spiro atoms. The minimum Gasteiger partial charge on any atom is -0.380 e. The Labute approximate surface area is 206 Å². The maximum atomic E-state index is 12.1. The molecule has 3 aromatic heterocycles. The maximum Gasteiger partial charge on any atom is 0.243 e. The van der Waals surface area contributed by atoms with E-state index in [0.29, 0.717) is 43.5 Å². The van der Waals surface area contributed by atoms with E-state index in [4.69, 9.17) is 10.7 Å². The highest BCUT2D eigenvalue weighted by atomic mass is 16.2. The molecule has 4 N–H and O–H groups in total. The largest absolute Gasteiger partial charge is 0.380 e. The minimum atomic E-state index is 0.142. The molecule has 0 aliphatic carbocycles. The van der Waals surface area contributed by atoms with Crippen molar-refractivity contribution in [3.63, 3.8) is 0 Å². The normalized spacial score (nSPS) is 15.0. The van der Waals surface area contributed by atoms with Crippen molar-refractivity contribution in [3.05, 3.63) is 35.3 Å². The third-order valence-electron chi connectivity index (χ3n) is 6.31. The monoisotopic (exact) mass is 480 g/mol. The van der Waals surface area contributed by atoms with Gasteiger partial charge >= 0.3 is 0 Å². The van der Waals surface area contributed by atoms with Crippen LogP contribution in [0.5, 0.6) is 0 Å². The molecule has 1 unspecified atom stereocenters. The molecule has 11 nitrogen and oxygen atoms in total. The molecule has 1 fully saturated rings. The Balaban J connectivity index is 1.47. The number of likely N-dealkylation sites (N-methyl/N-ethyl adjacent to an activating group) is 1. The summed E-state index contributed by atoms with van der Waals surface area (Å²) in [6.07, 6.45) is 6.44. The number of hydrogen-bond acceptors (Lipinski definition) is 9. The first-order chi connectivity index (χ1) is 16.9. The summed E-state index contributed by atoms with van der Waals surface area (Å²) in [5.41, 5.74) is 9.82. The van der Waals surface area contributed by atoms with E-state index in [1.54, 1.807) is 17.8 Å². The number of anilines is 3. The molecule has 0 radical (unpaired) electrons. The molecule has 1 aliphatic rings. The SMILES string of the molecule is CCCC(C)Nc1nc(N)c2ncc(Cc3cnc(N4CCN(C(=O)CNC)CC4)c(C)c3)n2n1. The van der Waals surface area contributed by atoms with Gasteiger partial charge in [-0.15, -0.1) is 5.10 Å². The minimum absolute atomic E-state index is 0.142. The van der Waals surface area contributed by atoms with Gasteiger partial charge in [0.15, 0.2) is 11.5 Å². The number of amides is 1. The lowest BCUT2D eigenvalue weighted by molar-refractivity contribution is -0.130. The van der Waals surface area contributed by atoms with Crippen LogP contribution in [0.4, 0.5) is 17.6 Å². The molecule has 188 valence electrons. The predicted molar refractivity (Wildman–Crippen MR) is 138 cm³/mol. The van der Waals surface area contributed by atoms with E-state index in [-0.39, 0.29) is 11.9 Å². The Hall–Kier alpha value is -3.47. The number of piperazine rings is 1. The molecule has 0 saturated carbocycles. The number of imidazole rings is 1. The predicted octanol–water partition coefficient (Wildman–Crippen LogP) is 1.47. The van der Waals surface area contributed by atoms with Gasteiger partial charge in [0.25, 0.3) is 0 Å². The molecule has 1 saturated heterocycles. The number of nitrogens with two attached hydrogens (primary N) is 1. The standard InChI is InChI=1S/C24H36N10O/c1-5-6-17(3)29-24-30-21(25)23-28-14-19(34(23)31-24)12-18-11-16(2)22(27-13-18)33-9-7-32(8-10-33)20(35)15-26-4/h11,13-14,17,26H,5-10,12,15H2,1-4H3,(H3,25,29,30,31). The fourth-order valence-electron chi connectivity index (χ4n) is 4.55. The molecule has 0 aromatic carbocycles. The van der Waals surface area contributed by atoms with Crippen molar-refractivity contribution in [3.8, 4) is 0 Å². The second-order valence-corrected chi connectivity index (χ2v) is 9.20. The van der Waals surface area contributed by atoms with Gasteiger partial charge in [0.1, 0.15) is 5.82 Å². The number of aryl methyl sites for hydroxylation is 1. The number of fused-ring (bicyclic) bond motifs is 1. The first-order valence-corrected chi connectivity index (χ1v) is 12.3. The topological polar surface area (TPSA) is 130 Å². The zero-order chi connectivity index (χ0) is 24.9. The van der Waals surface area contributed by atoms with Crippen molar-refractivity contribution in [2.24, 2.45) is 0 Å². The Morgan fingerprint density at radius 3 is 2.66 bits per heavy atom. The summed E-state index contributed by atoms with van der Waals surface area (Å²) >= 11 is 0. The van der Waals surface area contributed by atoms with Crippen molar-refractivity contribution >= 4 is 29.1 Å². The Bertz CT molecular complexity index is 1170. The summed E-state index contributed by atoms with van der Waals surface area (Å²) in [4.78, 5) is 29.9. The fourth-order valence-corrected chi connectivity index (χ4v) is 4.55. The highest BCUT2D eigenvalue weighted by Gasteiger charge is 2.22. The molecule has 11 heteroatoms. The van der Waals surface area contributed by atoms with Crippen LogP contribution in [-0.4, -0.2) is 81.2 Å². The van der Waals surface area contributed by atoms with Crippen molar-refractivity contribution in [1.82, 2.24) is 34.8 Å². The zero-order valence-electron chi connectivity index (χ0n) is 21.1. The number of aromatic nitrogens is 5. The Kier molecular flexibility index (Phi) is 7.64. The smallest absolute Gasteiger partial charge is 0.243 e. The van der Waals surface area contributed by atoms with Gasteiger partial charge < -0.3 is 26.2 Å². The van der Waals surface area contributed by atoms with Gasteiger partial charge in [0.05, 0.1) is 18.4 Å². The van der Waals surface area contributed by atoms with E-state index < -0.39 is 0 Å². The molecular formula is C24H36N10O. The summed E-state index contributed by atoms with van der Waals surface area (Å²) in [7, 11) is 1.79. The van der Waals surface area contributed by atoms with E-state index in [9.17, 15) is 4.79 Å². The first kappa shape index (κ1) is 24.6. The lowest BCUT2D eigenvalue weighted by atomic mass is 10.1. The molecule has 1 amide bonds. The molecule has 4 heterocycles. The van der Waals surface area contributed by atoms with Crippen LogP contribution in [0.1, 0.15) is 43.5 Å². The van der Waals surface area contributed by atoms with Gasteiger partial charge in [0, 0.05) is 44.8 Å². The summed E-state index contributed by atoms with van der Waals surface area (Å²) in [5, 5.41) is 10.9. The van der Waals surface area contributed by atoms with Crippen molar-refractivity contribution in [1.29, 1.82) is 0 Å². The molecule has 3 aromatic rings. The third kappa shape index (κ3) is 5.61. The van der Waals surface area contributed by atoms with Gasteiger partial charge in [0.2, 0.25) is 11.9 Å². The van der Waals surface area contributed by atoms with Gasteiger partial charge in [-0.05, 0) is 38.4 Å². The summed E-state index contributed by atoms with van der Waals surface area (Å²) < 4.78 is 1.77. The summed E-state index contributed by atoms with van der Waals surface area (Å²) in [6, 6.07) is 2.42. The van der Waals surface area contributed by atoms with Crippen molar-refractivity contribution < 1.29 is 4.79 Å². The average molecular weight is 481 g/mol. The fraction of sp³-hybridized carbons (Fsp3) is 0.542. The quantitative estimate of drug-likeness (QED) is 0.417. The van der Waals surface area contributed by atoms with E-state index in [0.717, 1.165) is 48.6 Å². The van der Waals surface area contributed by atoms with Crippen LogP contribution in [0, 0.1) is 6.92 Å². The second-order valence-electron chi connectivity index (χ2n) is 9.20. The highest BCUT2D eigenvalue weighted by Crippen LogP contribution is 2.22. The van der Waals surface area contributed by atoms with Crippen LogP contribution in [0.2, 0.25) is 0 Å². The van der Waals surface area contributed by atoms with Crippen molar-refractivity contribution in [2.45, 2.75) is 46.1 Å². The average Bonchev–Trinajstić information content (AvgIpc) is 3.22. The number of carbonyl (C=O) groups is 1. The van der Waals surface area contributed by atoms with Crippen LogP contribution in [0.15, 0.2) is 18.5 Å². The van der Waals surface area contributed by atoms with Gasteiger partial charge in [-0.2, -0.15) is 4.98 Å². The molecule has 1 aliphatic heterocycles. The number of rotatable bonds is 9. The second kappa shape index (κ2) is 10.9. The molecule has 1 atom stereocenters. The van der Waals surface area contributed by atoms with Crippen LogP contribution < -0.4 is 21.3 Å². The van der Waals surface area contributed by atoms with E-state index >= 15 is 0 Å². The van der Waals surface area contributed by atoms with Gasteiger partial charge in [-0.25, -0.2) is 14.5 Å². The maximum absolute atomic E-state index is 12.1. The van der Waals surface area contributed by atoms with E-state index in [1.807, 2.05) is 11.1 Å². The molecule has 35 heavy (non-hydrogen) atoms. The number of nitrogens with one attached hydrogen (secondary N) is 2. The third-order valence-corrected chi connectivity index (χ3v) is 6.31. The van der Waals surface area contributed by atoms with Crippen LogP contribution in [0.25, 0.3) is 5.65 Å². The molecule has 0 bridgehead atoms.